The third-order valence-electron chi connectivity index (χ3n) is 4.63. The van der Waals surface area contributed by atoms with E-state index < -0.39 is 13.9 Å². The molecule has 0 radical (unpaired) electrons. The molecule has 1 amide bonds. The fraction of sp³-hybridized carbons (Fsp3) is 0.938. The van der Waals surface area contributed by atoms with Crippen molar-refractivity contribution in [3.63, 3.8) is 0 Å². The van der Waals surface area contributed by atoms with E-state index in [1.807, 2.05) is 20.8 Å². The van der Waals surface area contributed by atoms with Crippen LogP contribution >= 0.6 is 0 Å². The predicted molar refractivity (Wildman–Crippen MR) is 97.4 cm³/mol. The van der Waals surface area contributed by atoms with Crippen molar-refractivity contribution in [3.8, 4) is 0 Å². The van der Waals surface area contributed by atoms with E-state index >= 15 is 0 Å². The molecule has 0 aliphatic carbocycles. The topological polar surface area (TPSA) is 87.5 Å². The number of hydrogen-bond donors (Lipinski definition) is 0. The van der Waals surface area contributed by atoms with Crippen LogP contribution in [0.3, 0.4) is 0 Å². The maximum absolute atomic E-state index is 12.5. The first-order chi connectivity index (χ1) is 10.8. The summed E-state index contributed by atoms with van der Waals surface area (Å²) in [4.78, 5) is 16.9. The van der Waals surface area contributed by atoms with Gasteiger partial charge in [0.05, 0.1) is 6.10 Å². The highest BCUT2D eigenvalue weighted by Crippen LogP contribution is 2.39. The molecule has 1 aliphatic heterocycles. The third-order valence-corrected chi connectivity index (χ3v) is 9.16. The Bertz CT molecular complexity index is 504. The molecule has 8 heteroatoms. The molecular formula is C16H32N4O3Si. The molecule has 2 atom stereocenters. The third kappa shape index (κ3) is 5.68. The molecule has 138 valence electrons. The number of hydrogen-bond acceptors (Lipinski definition) is 4. The highest BCUT2D eigenvalue weighted by atomic mass is 28.4. The van der Waals surface area contributed by atoms with Gasteiger partial charge in [-0.05, 0) is 50.9 Å². The molecule has 0 unspecified atom stereocenters. The number of carbonyl (C=O) groups is 1. The van der Waals surface area contributed by atoms with Crippen molar-refractivity contribution in [2.45, 2.75) is 83.8 Å². The van der Waals surface area contributed by atoms with Crippen molar-refractivity contribution in [1.82, 2.24) is 4.90 Å². The van der Waals surface area contributed by atoms with Crippen molar-refractivity contribution in [2.24, 2.45) is 5.11 Å². The van der Waals surface area contributed by atoms with Gasteiger partial charge in [0.1, 0.15) is 5.60 Å². The predicted octanol–water partition coefficient (Wildman–Crippen LogP) is 4.70. The highest BCUT2D eigenvalue weighted by Gasteiger charge is 2.44. The summed E-state index contributed by atoms with van der Waals surface area (Å²) in [5.74, 6) is 0. The Kier molecular flexibility index (Phi) is 6.35. The van der Waals surface area contributed by atoms with Crippen LogP contribution in [0.2, 0.25) is 18.1 Å². The number of nitrogens with zero attached hydrogens (tertiary/aromatic N) is 4. The zero-order chi connectivity index (χ0) is 18.8. The first-order valence-corrected chi connectivity index (χ1v) is 11.4. The van der Waals surface area contributed by atoms with Crippen LogP contribution in [0.25, 0.3) is 10.4 Å². The Morgan fingerprint density at radius 2 is 1.88 bits per heavy atom. The Morgan fingerprint density at radius 1 is 1.29 bits per heavy atom. The average Bonchev–Trinajstić information content (AvgIpc) is 2.75. The molecule has 1 rings (SSSR count). The lowest BCUT2D eigenvalue weighted by molar-refractivity contribution is 0.0216. The highest BCUT2D eigenvalue weighted by molar-refractivity contribution is 6.74. The summed E-state index contributed by atoms with van der Waals surface area (Å²) < 4.78 is 11.9. The van der Waals surface area contributed by atoms with E-state index in [0.717, 1.165) is 0 Å². The molecule has 0 N–H and O–H groups in total. The average molecular weight is 357 g/mol. The monoisotopic (exact) mass is 356 g/mol. The van der Waals surface area contributed by atoms with Gasteiger partial charge in [-0.2, -0.15) is 0 Å². The first kappa shape index (κ1) is 20.8. The smallest absolute Gasteiger partial charge is 0.410 e. The lowest BCUT2D eigenvalue weighted by atomic mass is 10.2. The van der Waals surface area contributed by atoms with Crippen LogP contribution in [0.1, 0.15) is 48.0 Å². The van der Waals surface area contributed by atoms with Gasteiger partial charge in [-0.25, -0.2) is 4.79 Å². The Hall–Kier alpha value is -1.24. The Balaban J connectivity index is 2.87. The summed E-state index contributed by atoms with van der Waals surface area (Å²) in [5, 5.41) is 3.75. The molecule has 1 aliphatic rings. The fourth-order valence-corrected chi connectivity index (χ4v) is 3.76. The molecule has 24 heavy (non-hydrogen) atoms. The van der Waals surface area contributed by atoms with Crippen molar-refractivity contribution in [3.05, 3.63) is 10.4 Å². The lowest BCUT2D eigenvalue weighted by Gasteiger charge is -2.38. The summed E-state index contributed by atoms with van der Waals surface area (Å²) in [6.45, 7) is 17.2. The fourth-order valence-electron chi connectivity index (χ4n) is 2.40. The van der Waals surface area contributed by atoms with Gasteiger partial charge < -0.3 is 14.1 Å². The van der Waals surface area contributed by atoms with E-state index in [0.29, 0.717) is 13.0 Å². The lowest BCUT2D eigenvalue weighted by Crippen LogP contribution is -2.45. The van der Waals surface area contributed by atoms with Crippen LogP contribution in [0.4, 0.5) is 4.79 Å². The summed E-state index contributed by atoms with van der Waals surface area (Å²) in [7, 11) is -1.92. The largest absolute Gasteiger partial charge is 0.444 e. The summed E-state index contributed by atoms with van der Waals surface area (Å²) in [6, 6.07) is -0.175. The molecule has 0 aromatic heterocycles. The van der Waals surface area contributed by atoms with E-state index in [-0.39, 0.29) is 29.8 Å². The van der Waals surface area contributed by atoms with Crippen LogP contribution in [-0.4, -0.2) is 50.1 Å². The van der Waals surface area contributed by atoms with Gasteiger partial charge in [0, 0.05) is 24.0 Å². The van der Waals surface area contributed by atoms with E-state index in [1.165, 1.54) is 0 Å². The van der Waals surface area contributed by atoms with E-state index in [9.17, 15) is 4.79 Å². The molecule has 0 spiro atoms. The van der Waals surface area contributed by atoms with Crippen molar-refractivity contribution >= 4 is 14.4 Å². The number of likely N-dealkylation sites (tertiary alicyclic amines) is 1. The molecule has 1 saturated heterocycles. The molecule has 0 aromatic carbocycles. The normalized spacial score (nSPS) is 22.2. The zero-order valence-corrected chi connectivity index (χ0v) is 17.3. The van der Waals surface area contributed by atoms with Crippen LogP contribution < -0.4 is 0 Å². The quantitative estimate of drug-likeness (QED) is 0.316. The SMILES string of the molecule is CC(C)(C)OC(=O)N1C[C@@H](O[Si](C)(C)C(C)(C)C)C[C@H]1CN=[N+]=[N-]. The molecule has 1 heterocycles. The number of rotatable bonds is 4. The van der Waals surface area contributed by atoms with Gasteiger partial charge in [-0.1, -0.05) is 25.9 Å². The number of ether oxygens (including phenoxy) is 1. The van der Waals surface area contributed by atoms with E-state index in [4.69, 9.17) is 14.7 Å². The Labute approximate surface area is 146 Å². The Morgan fingerprint density at radius 3 is 2.33 bits per heavy atom. The minimum Gasteiger partial charge on any atom is -0.444 e. The van der Waals surface area contributed by atoms with Crippen LogP contribution in [0, 0.1) is 0 Å². The molecule has 0 bridgehead atoms. The van der Waals surface area contributed by atoms with Gasteiger partial charge in [-0.3, -0.25) is 0 Å². The number of amides is 1. The minimum atomic E-state index is -1.92. The van der Waals surface area contributed by atoms with Gasteiger partial charge in [0.25, 0.3) is 0 Å². The summed E-state index contributed by atoms with van der Waals surface area (Å²) in [6.07, 6.45) is 0.254. The van der Waals surface area contributed by atoms with Crippen LogP contribution in [0.15, 0.2) is 5.11 Å². The van der Waals surface area contributed by atoms with E-state index in [1.54, 1.807) is 4.90 Å². The van der Waals surface area contributed by atoms with Crippen molar-refractivity contribution in [1.29, 1.82) is 0 Å². The first-order valence-electron chi connectivity index (χ1n) is 8.45. The van der Waals surface area contributed by atoms with Gasteiger partial charge in [-0.15, -0.1) is 0 Å². The standard InChI is InChI=1S/C16H32N4O3Si/c1-15(2,3)22-14(21)20-11-13(9-12(20)10-18-19-17)23-24(7,8)16(4,5)6/h12-13H,9-11H2,1-8H3/t12-,13-/m0/s1. The second-order valence-electron chi connectivity index (χ2n) is 8.94. The second-order valence-corrected chi connectivity index (χ2v) is 13.7. The number of carbonyl (C=O) groups excluding carboxylic acids is 1. The summed E-state index contributed by atoms with van der Waals surface area (Å²) in [5.41, 5.74) is 8.04. The molecule has 0 saturated carbocycles. The molecule has 7 nitrogen and oxygen atoms in total. The maximum atomic E-state index is 12.5. The van der Waals surface area contributed by atoms with Gasteiger partial charge in [0.2, 0.25) is 0 Å². The van der Waals surface area contributed by atoms with E-state index in [2.05, 4.69) is 43.9 Å². The maximum Gasteiger partial charge on any atom is 0.410 e. The number of azide groups is 1. The van der Waals surface area contributed by atoms with Crippen molar-refractivity contribution in [2.75, 3.05) is 13.1 Å². The summed E-state index contributed by atoms with van der Waals surface area (Å²) >= 11 is 0. The zero-order valence-electron chi connectivity index (χ0n) is 16.3. The van der Waals surface area contributed by atoms with Gasteiger partial charge in [0.15, 0.2) is 8.32 Å². The minimum absolute atomic E-state index is 0.0442. The van der Waals surface area contributed by atoms with Crippen LogP contribution in [-0.2, 0) is 9.16 Å². The van der Waals surface area contributed by atoms with Crippen LogP contribution in [0.5, 0.6) is 0 Å². The molecule has 1 fully saturated rings. The second kappa shape index (κ2) is 7.33. The molecular weight excluding hydrogens is 324 g/mol. The van der Waals surface area contributed by atoms with Crippen molar-refractivity contribution < 1.29 is 14.0 Å². The van der Waals surface area contributed by atoms with Gasteiger partial charge >= 0.3 is 6.09 Å². The molecule has 0 aromatic rings.